The van der Waals surface area contributed by atoms with Gasteiger partial charge in [-0.15, -0.1) is 0 Å². The van der Waals surface area contributed by atoms with Gasteiger partial charge in [-0.3, -0.25) is 0 Å². The van der Waals surface area contributed by atoms with E-state index in [9.17, 15) is 5.26 Å². The van der Waals surface area contributed by atoms with Crippen molar-refractivity contribution in [3.63, 3.8) is 0 Å². The van der Waals surface area contributed by atoms with Gasteiger partial charge in [0.15, 0.2) is 17.5 Å². The fourth-order valence-electron chi connectivity index (χ4n) is 7.51. The summed E-state index contributed by atoms with van der Waals surface area (Å²) < 4.78 is 4.67. The third-order valence-electron chi connectivity index (χ3n) is 9.81. The van der Waals surface area contributed by atoms with Gasteiger partial charge in [0.2, 0.25) is 0 Å². The standard InChI is InChI=1S/C46H28N6/c47-29-32-24-25-34(28-38(32)46-49-44(30-14-4-1-5-15-30)48-45(50-46)31-16-6-2-7-17-31)52-39-22-12-10-20-35(39)36-26-27-41-42(43(36)52)37-21-11-13-23-40(37)51(41)33-18-8-3-9-19-33/h1-28H. The first-order valence-electron chi connectivity index (χ1n) is 17.2. The molecule has 0 aliphatic heterocycles. The first-order valence-corrected chi connectivity index (χ1v) is 17.2. The SMILES string of the molecule is N#Cc1ccc(-n2c3ccccc3c3ccc4c(c5ccccc5n4-c4ccccc4)c32)cc1-c1nc(-c2ccccc2)nc(-c2ccccc2)n1. The van der Waals surface area contributed by atoms with Crippen LogP contribution in [0.25, 0.3) is 89.2 Å². The molecule has 0 aliphatic carbocycles. The van der Waals surface area contributed by atoms with Crippen molar-refractivity contribution in [1.82, 2.24) is 24.1 Å². The fourth-order valence-corrected chi connectivity index (χ4v) is 7.51. The molecule has 0 aliphatic rings. The van der Waals surface area contributed by atoms with Gasteiger partial charge in [0, 0.05) is 49.6 Å². The quantitative estimate of drug-likeness (QED) is 0.184. The molecule has 10 rings (SSSR count). The number of aromatic nitrogens is 5. The van der Waals surface area contributed by atoms with E-state index in [0.717, 1.165) is 60.7 Å². The summed E-state index contributed by atoms with van der Waals surface area (Å²) in [7, 11) is 0. The molecule has 0 unspecified atom stereocenters. The predicted octanol–water partition coefficient (Wildman–Crippen LogP) is 10.9. The minimum absolute atomic E-state index is 0.442. The summed E-state index contributed by atoms with van der Waals surface area (Å²) in [6.07, 6.45) is 0. The number of hydrogen-bond acceptors (Lipinski definition) is 4. The summed E-state index contributed by atoms with van der Waals surface area (Å²) in [5.41, 5.74) is 9.32. The van der Waals surface area contributed by atoms with E-state index in [4.69, 9.17) is 15.0 Å². The monoisotopic (exact) mass is 664 g/mol. The molecule has 0 fully saturated rings. The molecule has 0 saturated carbocycles. The molecule has 6 heteroatoms. The molecule has 6 nitrogen and oxygen atoms in total. The topological polar surface area (TPSA) is 72.3 Å². The molecule has 52 heavy (non-hydrogen) atoms. The van der Waals surface area contributed by atoms with Gasteiger partial charge >= 0.3 is 0 Å². The highest BCUT2D eigenvalue weighted by molar-refractivity contribution is 6.26. The van der Waals surface area contributed by atoms with Gasteiger partial charge in [-0.05, 0) is 48.5 Å². The summed E-state index contributed by atoms with van der Waals surface area (Å²) in [5.74, 6) is 1.54. The van der Waals surface area contributed by atoms with Gasteiger partial charge < -0.3 is 9.13 Å². The van der Waals surface area contributed by atoms with Gasteiger partial charge in [-0.25, -0.2) is 15.0 Å². The lowest BCUT2D eigenvalue weighted by Crippen LogP contribution is -2.02. The lowest BCUT2D eigenvalue weighted by Gasteiger charge is -2.13. The van der Waals surface area contributed by atoms with Gasteiger partial charge in [-0.1, -0.05) is 121 Å². The van der Waals surface area contributed by atoms with E-state index < -0.39 is 0 Å². The maximum absolute atomic E-state index is 10.5. The molecule has 10 aromatic rings. The zero-order chi connectivity index (χ0) is 34.6. The van der Waals surface area contributed by atoms with Crippen molar-refractivity contribution in [2.24, 2.45) is 0 Å². The number of benzene rings is 7. The lowest BCUT2D eigenvalue weighted by atomic mass is 10.1. The van der Waals surface area contributed by atoms with Crippen molar-refractivity contribution in [3.8, 4) is 51.6 Å². The summed E-state index contributed by atoms with van der Waals surface area (Å²) >= 11 is 0. The smallest absolute Gasteiger partial charge is 0.165 e. The molecule has 242 valence electrons. The fraction of sp³-hybridized carbons (Fsp3) is 0. The Labute approximate surface area is 299 Å². The molecular weight excluding hydrogens is 637 g/mol. The molecule has 0 radical (unpaired) electrons. The van der Waals surface area contributed by atoms with Crippen molar-refractivity contribution in [2.45, 2.75) is 0 Å². The molecule has 7 aromatic carbocycles. The maximum Gasteiger partial charge on any atom is 0.165 e. The van der Waals surface area contributed by atoms with Crippen molar-refractivity contribution < 1.29 is 0 Å². The highest BCUT2D eigenvalue weighted by Crippen LogP contribution is 2.42. The number of fused-ring (bicyclic) bond motifs is 7. The number of hydrogen-bond donors (Lipinski definition) is 0. The van der Waals surface area contributed by atoms with Gasteiger partial charge in [0.05, 0.1) is 33.7 Å². The van der Waals surface area contributed by atoms with Gasteiger partial charge in [0.1, 0.15) is 0 Å². The van der Waals surface area contributed by atoms with Crippen LogP contribution in [0.5, 0.6) is 0 Å². The number of nitriles is 1. The van der Waals surface area contributed by atoms with Crippen LogP contribution in [0.1, 0.15) is 5.56 Å². The van der Waals surface area contributed by atoms with Crippen molar-refractivity contribution in [2.75, 3.05) is 0 Å². The number of nitrogens with zero attached hydrogens (tertiary/aromatic N) is 6. The second kappa shape index (κ2) is 11.9. The van der Waals surface area contributed by atoms with E-state index in [2.05, 4.69) is 106 Å². The van der Waals surface area contributed by atoms with Crippen LogP contribution < -0.4 is 0 Å². The van der Waals surface area contributed by atoms with E-state index in [0.29, 0.717) is 28.6 Å². The first-order chi connectivity index (χ1) is 25.8. The second-order valence-corrected chi connectivity index (χ2v) is 12.8. The molecule has 0 saturated heterocycles. The Balaban J connectivity index is 1.28. The number of para-hydroxylation sites is 3. The zero-order valence-corrected chi connectivity index (χ0v) is 27.8. The van der Waals surface area contributed by atoms with E-state index in [1.165, 1.54) is 5.39 Å². The van der Waals surface area contributed by atoms with Crippen molar-refractivity contribution in [1.29, 1.82) is 5.26 Å². The first kappa shape index (κ1) is 29.5. The lowest BCUT2D eigenvalue weighted by molar-refractivity contribution is 1.07. The second-order valence-electron chi connectivity index (χ2n) is 12.8. The van der Waals surface area contributed by atoms with E-state index in [1.54, 1.807) is 0 Å². The van der Waals surface area contributed by atoms with Crippen molar-refractivity contribution in [3.05, 3.63) is 175 Å². The summed E-state index contributed by atoms with van der Waals surface area (Å²) in [4.78, 5) is 14.9. The Bertz CT molecular complexity index is 2950. The Morgan fingerprint density at radius 2 is 0.981 bits per heavy atom. The highest BCUT2D eigenvalue weighted by atomic mass is 15.0. The average Bonchev–Trinajstić information content (AvgIpc) is 3.74. The molecule has 0 amide bonds. The summed E-state index contributed by atoms with van der Waals surface area (Å²) in [5, 5.41) is 15.1. The normalized spacial score (nSPS) is 11.4. The maximum atomic E-state index is 10.5. The minimum atomic E-state index is 0.442. The summed E-state index contributed by atoms with van der Waals surface area (Å²) in [6, 6.07) is 60.3. The molecule has 0 atom stereocenters. The third-order valence-corrected chi connectivity index (χ3v) is 9.81. The summed E-state index contributed by atoms with van der Waals surface area (Å²) in [6.45, 7) is 0. The van der Waals surface area contributed by atoms with Crippen molar-refractivity contribution >= 4 is 43.6 Å². The van der Waals surface area contributed by atoms with Crippen LogP contribution in [0.3, 0.4) is 0 Å². The third kappa shape index (κ3) is 4.61. The Morgan fingerprint density at radius 3 is 1.63 bits per heavy atom. The Morgan fingerprint density at radius 1 is 0.423 bits per heavy atom. The van der Waals surface area contributed by atoms with Crippen LogP contribution in [0.4, 0.5) is 0 Å². The molecule has 3 aromatic heterocycles. The van der Waals surface area contributed by atoms with Crippen LogP contribution in [-0.2, 0) is 0 Å². The molecule has 0 N–H and O–H groups in total. The average molecular weight is 665 g/mol. The molecule has 0 bridgehead atoms. The Kier molecular flexibility index (Phi) is 6.76. The van der Waals surface area contributed by atoms with Gasteiger partial charge in [0.25, 0.3) is 0 Å². The highest BCUT2D eigenvalue weighted by Gasteiger charge is 2.22. The molecule has 0 spiro atoms. The van der Waals surface area contributed by atoms with E-state index in [1.807, 2.05) is 78.9 Å². The minimum Gasteiger partial charge on any atom is -0.309 e. The molecule has 3 heterocycles. The van der Waals surface area contributed by atoms with Crippen LogP contribution in [-0.4, -0.2) is 24.1 Å². The van der Waals surface area contributed by atoms with Crippen LogP contribution >= 0.6 is 0 Å². The zero-order valence-electron chi connectivity index (χ0n) is 27.8. The number of rotatable bonds is 5. The van der Waals surface area contributed by atoms with Gasteiger partial charge in [-0.2, -0.15) is 5.26 Å². The van der Waals surface area contributed by atoms with E-state index in [-0.39, 0.29) is 0 Å². The van der Waals surface area contributed by atoms with Crippen LogP contribution in [0.2, 0.25) is 0 Å². The largest absolute Gasteiger partial charge is 0.309 e. The van der Waals surface area contributed by atoms with Crippen LogP contribution in [0.15, 0.2) is 170 Å². The van der Waals surface area contributed by atoms with Crippen LogP contribution in [0, 0.1) is 11.3 Å². The Hall–Kier alpha value is -7.36. The van der Waals surface area contributed by atoms with E-state index >= 15 is 0 Å². The predicted molar refractivity (Wildman–Crippen MR) is 210 cm³/mol. The molecular formula is C46H28N6.